The lowest BCUT2D eigenvalue weighted by atomic mass is 9.99. The molecule has 1 aromatic heterocycles. The maximum atomic E-state index is 11.7. The van der Waals surface area contributed by atoms with Gasteiger partial charge in [0.05, 0.1) is 25.3 Å². The molecule has 1 rings (SSSR count). The second kappa shape index (κ2) is 5.48. The summed E-state index contributed by atoms with van der Waals surface area (Å²) in [6.07, 6.45) is 0. The summed E-state index contributed by atoms with van der Waals surface area (Å²) < 4.78 is 9.20. The minimum Gasteiger partial charge on any atom is -0.465 e. The number of ether oxygens (including phenoxy) is 2. The number of hydrogen-bond acceptors (Lipinski definition) is 5. The van der Waals surface area contributed by atoms with E-state index in [1.165, 1.54) is 14.2 Å². The molecule has 1 aromatic rings. The van der Waals surface area contributed by atoms with Gasteiger partial charge in [0.15, 0.2) is 0 Å². The number of pyridine rings is 1. The summed E-state index contributed by atoms with van der Waals surface area (Å²) in [5.74, 6) is -1.57. The summed E-state index contributed by atoms with van der Waals surface area (Å²) in [6, 6.07) is 1.03. The molecule has 0 saturated heterocycles. The Morgan fingerprint density at radius 1 is 1.17 bits per heavy atom. The van der Waals surface area contributed by atoms with Crippen molar-refractivity contribution in [3.8, 4) is 0 Å². The van der Waals surface area contributed by atoms with Crippen LogP contribution in [0.25, 0.3) is 0 Å². The highest BCUT2D eigenvalue weighted by atomic mass is 16.5. The van der Waals surface area contributed by atoms with Crippen LogP contribution in [-0.2, 0) is 9.47 Å². The molecule has 0 fully saturated rings. The van der Waals surface area contributed by atoms with Crippen LogP contribution in [0, 0.1) is 0 Å². The van der Waals surface area contributed by atoms with E-state index in [1.807, 2.05) is 0 Å². The lowest BCUT2D eigenvalue weighted by Crippen LogP contribution is -2.22. The molecule has 0 aromatic carbocycles. The van der Waals surface area contributed by atoms with Crippen molar-refractivity contribution in [2.75, 3.05) is 14.2 Å². The minimum atomic E-state index is -0.747. The summed E-state index contributed by atoms with van der Waals surface area (Å²) in [5.41, 5.74) is -0.155. The van der Waals surface area contributed by atoms with Gasteiger partial charge in [0.1, 0.15) is 0 Å². The van der Waals surface area contributed by atoms with E-state index in [-0.39, 0.29) is 17.0 Å². The van der Waals surface area contributed by atoms with Crippen molar-refractivity contribution >= 4 is 11.9 Å². The van der Waals surface area contributed by atoms with Gasteiger partial charge in [-0.2, -0.15) is 0 Å². The van der Waals surface area contributed by atoms with Crippen LogP contribution < -0.4 is 5.56 Å². The Labute approximate surface area is 104 Å². The van der Waals surface area contributed by atoms with Crippen LogP contribution in [0.2, 0.25) is 0 Å². The first-order valence-corrected chi connectivity index (χ1v) is 5.36. The number of aromatic nitrogens is 1. The third-order valence-corrected chi connectivity index (χ3v) is 2.44. The molecule has 18 heavy (non-hydrogen) atoms. The zero-order valence-electron chi connectivity index (χ0n) is 10.7. The van der Waals surface area contributed by atoms with Gasteiger partial charge in [-0.1, -0.05) is 13.8 Å². The van der Waals surface area contributed by atoms with Crippen LogP contribution in [0.5, 0.6) is 0 Å². The molecule has 6 nitrogen and oxygen atoms in total. The first kappa shape index (κ1) is 14.0. The maximum Gasteiger partial charge on any atom is 0.340 e. The highest BCUT2D eigenvalue weighted by Gasteiger charge is 2.25. The lowest BCUT2D eigenvalue weighted by molar-refractivity contribution is 0.0553. The van der Waals surface area contributed by atoms with Gasteiger partial charge in [-0.3, -0.25) is 4.79 Å². The average molecular weight is 253 g/mol. The monoisotopic (exact) mass is 253 g/mol. The summed E-state index contributed by atoms with van der Waals surface area (Å²) in [7, 11) is 2.39. The van der Waals surface area contributed by atoms with Crippen LogP contribution in [0.4, 0.5) is 0 Å². The fourth-order valence-electron chi connectivity index (χ4n) is 1.61. The molecule has 6 heteroatoms. The number of carbonyl (C=O) groups is 2. The SMILES string of the molecule is COC(=O)c1cc(=O)[nH]c(C(C)C)c1C(=O)OC. The molecular weight excluding hydrogens is 238 g/mol. The number of rotatable bonds is 3. The van der Waals surface area contributed by atoms with E-state index >= 15 is 0 Å². The van der Waals surface area contributed by atoms with Crippen LogP contribution >= 0.6 is 0 Å². The van der Waals surface area contributed by atoms with Crippen molar-refractivity contribution in [1.82, 2.24) is 4.98 Å². The predicted molar refractivity (Wildman–Crippen MR) is 63.8 cm³/mol. The van der Waals surface area contributed by atoms with E-state index < -0.39 is 17.5 Å². The van der Waals surface area contributed by atoms with Crippen molar-refractivity contribution in [2.24, 2.45) is 0 Å². The summed E-state index contributed by atoms with van der Waals surface area (Å²) in [4.78, 5) is 37.4. The second-order valence-corrected chi connectivity index (χ2v) is 3.97. The van der Waals surface area contributed by atoms with Gasteiger partial charge in [0.2, 0.25) is 5.56 Å². The Morgan fingerprint density at radius 2 is 1.72 bits per heavy atom. The van der Waals surface area contributed by atoms with Gasteiger partial charge < -0.3 is 14.5 Å². The first-order valence-electron chi connectivity index (χ1n) is 5.36. The van der Waals surface area contributed by atoms with Gasteiger partial charge in [0, 0.05) is 11.8 Å². The molecular formula is C12H15NO5. The molecule has 0 saturated carbocycles. The number of hydrogen-bond donors (Lipinski definition) is 1. The standard InChI is InChI=1S/C12H15NO5/c1-6(2)10-9(12(16)18-4)7(11(15)17-3)5-8(14)13-10/h5-6H,1-4H3,(H,13,14). The van der Waals surface area contributed by atoms with Crippen LogP contribution in [0.1, 0.15) is 46.2 Å². The van der Waals surface area contributed by atoms with Crippen molar-refractivity contribution in [3.63, 3.8) is 0 Å². The Hall–Kier alpha value is -2.11. The summed E-state index contributed by atoms with van der Waals surface area (Å²) >= 11 is 0. The highest BCUT2D eigenvalue weighted by molar-refractivity contribution is 6.03. The number of nitrogens with one attached hydrogen (secondary N) is 1. The number of carbonyl (C=O) groups excluding carboxylic acids is 2. The van der Waals surface area contributed by atoms with Gasteiger partial charge >= 0.3 is 11.9 Å². The third-order valence-electron chi connectivity index (χ3n) is 2.44. The zero-order chi connectivity index (χ0) is 13.9. The Bertz CT molecular complexity index is 530. The molecule has 0 spiro atoms. The molecule has 0 radical (unpaired) electrons. The fraction of sp³-hybridized carbons (Fsp3) is 0.417. The molecule has 0 aliphatic heterocycles. The Morgan fingerprint density at radius 3 is 2.17 bits per heavy atom. The number of H-pyrrole nitrogens is 1. The molecule has 0 aliphatic rings. The largest absolute Gasteiger partial charge is 0.465 e. The zero-order valence-corrected chi connectivity index (χ0v) is 10.7. The lowest BCUT2D eigenvalue weighted by Gasteiger charge is -2.13. The smallest absolute Gasteiger partial charge is 0.340 e. The summed E-state index contributed by atoms with van der Waals surface area (Å²) in [5, 5.41) is 0. The van der Waals surface area contributed by atoms with Crippen LogP contribution in [0.3, 0.4) is 0 Å². The van der Waals surface area contributed by atoms with Crippen LogP contribution in [-0.4, -0.2) is 31.1 Å². The van der Waals surface area contributed by atoms with Gasteiger partial charge in [-0.05, 0) is 5.92 Å². The van der Waals surface area contributed by atoms with Crippen molar-refractivity contribution in [2.45, 2.75) is 19.8 Å². The van der Waals surface area contributed by atoms with E-state index in [4.69, 9.17) is 0 Å². The van der Waals surface area contributed by atoms with Gasteiger partial charge in [0.25, 0.3) is 0 Å². The minimum absolute atomic E-state index is 0.0407. The van der Waals surface area contributed by atoms with Crippen LogP contribution in [0.15, 0.2) is 10.9 Å². The molecule has 0 unspecified atom stereocenters. The van der Waals surface area contributed by atoms with E-state index in [0.29, 0.717) is 5.69 Å². The second-order valence-electron chi connectivity index (χ2n) is 3.97. The van der Waals surface area contributed by atoms with Gasteiger partial charge in [-0.15, -0.1) is 0 Å². The average Bonchev–Trinajstić information content (AvgIpc) is 2.35. The van der Waals surface area contributed by atoms with Gasteiger partial charge in [-0.25, -0.2) is 9.59 Å². The summed E-state index contributed by atoms with van der Waals surface area (Å²) in [6.45, 7) is 3.58. The molecule has 0 atom stereocenters. The molecule has 0 amide bonds. The number of esters is 2. The molecule has 1 heterocycles. The molecule has 98 valence electrons. The Kier molecular flexibility index (Phi) is 4.25. The topological polar surface area (TPSA) is 85.5 Å². The Balaban J connectivity index is 3.63. The third kappa shape index (κ3) is 2.58. The predicted octanol–water partition coefficient (Wildman–Crippen LogP) is 1.07. The quantitative estimate of drug-likeness (QED) is 0.814. The molecule has 0 aliphatic carbocycles. The fourth-order valence-corrected chi connectivity index (χ4v) is 1.61. The van der Waals surface area contributed by atoms with E-state index in [0.717, 1.165) is 6.07 Å². The maximum absolute atomic E-state index is 11.7. The van der Waals surface area contributed by atoms with Crippen molar-refractivity contribution in [1.29, 1.82) is 0 Å². The first-order chi connectivity index (χ1) is 8.42. The highest BCUT2D eigenvalue weighted by Crippen LogP contribution is 2.20. The van der Waals surface area contributed by atoms with E-state index in [9.17, 15) is 14.4 Å². The number of methoxy groups -OCH3 is 2. The molecule has 1 N–H and O–H groups in total. The normalized spacial score (nSPS) is 10.3. The van der Waals surface area contributed by atoms with Crippen molar-refractivity contribution in [3.05, 3.63) is 33.2 Å². The van der Waals surface area contributed by atoms with E-state index in [1.54, 1.807) is 13.8 Å². The molecule has 0 bridgehead atoms. The van der Waals surface area contributed by atoms with E-state index in [2.05, 4.69) is 14.5 Å². The van der Waals surface area contributed by atoms with Crippen molar-refractivity contribution < 1.29 is 19.1 Å². The number of aromatic amines is 1.